The van der Waals surface area contributed by atoms with Crippen LogP contribution in [0, 0.1) is 0 Å². The number of nitrogens with zero attached hydrogens (tertiary/aromatic N) is 2. The Kier molecular flexibility index (Phi) is 3.45. The summed E-state index contributed by atoms with van der Waals surface area (Å²) in [5.74, 6) is -1.13. The van der Waals surface area contributed by atoms with Gasteiger partial charge in [-0.2, -0.15) is 13.2 Å². The van der Waals surface area contributed by atoms with Crippen LogP contribution in [0.5, 0.6) is 0 Å². The van der Waals surface area contributed by atoms with E-state index in [9.17, 15) is 18.0 Å². The molecule has 0 unspecified atom stereocenters. The number of aromatic nitrogens is 1. The van der Waals surface area contributed by atoms with E-state index < -0.39 is 24.3 Å². The van der Waals surface area contributed by atoms with Gasteiger partial charge in [-0.3, -0.25) is 4.79 Å². The van der Waals surface area contributed by atoms with E-state index in [1.165, 1.54) is 7.05 Å². The van der Waals surface area contributed by atoms with Crippen molar-refractivity contribution >= 4 is 17.5 Å². The highest BCUT2D eigenvalue weighted by Gasteiger charge is 2.31. The minimum absolute atomic E-state index is 0.000370. The lowest BCUT2D eigenvalue weighted by atomic mass is 10.2. The molecule has 3 N–H and O–H groups in total. The zero-order valence-corrected chi connectivity index (χ0v) is 8.82. The fourth-order valence-electron chi connectivity index (χ4n) is 1.23. The molecule has 1 rings (SSSR count). The molecule has 17 heavy (non-hydrogen) atoms. The first-order valence-electron chi connectivity index (χ1n) is 4.47. The van der Waals surface area contributed by atoms with E-state index in [1.807, 2.05) is 0 Å². The number of likely N-dealkylation sites (N-methyl/N-ethyl adjacent to an activating group) is 1. The number of halogens is 3. The summed E-state index contributed by atoms with van der Waals surface area (Å²) < 4.78 is 36.9. The van der Waals surface area contributed by atoms with Gasteiger partial charge in [-0.05, 0) is 6.07 Å². The molecule has 0 aromatic carbocycles. The topological polar surface area (TPSA) is 79.5 Å². The largest absolute Gasteiger partial charge is 0.480 e. The number of carbonyl (C=O) groups is 1. The first-order chi connectivity index (χ1) is 7.71. The SMILES string of the molecule is CN(CC(=O)O)c1ncc(C(F)(F)F)cc1N. The Morgan fingerprint density at radius 3 is 2.59 bits per heavy atom. The van der Waals surface area contributed by atoms with Crippen LogP contribution in [-0.4, -0.2) is 29.7 Å². The average molecular weight is 249 g/mol. The number of alkyl halides is 3. The Labute approximate surface area is 94.7 Å². The second kappa shape index (κ2) is 4.48. The third kappa shape index (κ3) is 3.23. The molecule has 0 atom stereocenters. The Morgan fingerprint density at radius 2 is 2.18 bits per heavy atom. The fourth-order valence-corrected chi connectivity index (χ4v) is 1.23. The highest BCUT2D eigenvalue weighted by atomic mass is 19.4. The minimum atomic E-state index is -4.52. The Morgan fingerprint density at radius 1 is 1.59 bits per heavy atom. The quantitative estimate of drug-likeness (QED) is 0.841. The highest BCUT2D eigenvalue weighted by molar-refractivity contribution is 5.75. The molecule has 1 aromatic rings. The van der Waals surface area contributed by atoms with Crippen molar-refractivity contribution in [2.45, 2.75) is 6.18 Å². The predicted octanol–water partition coefficient (Wildman–Crippen LogP) is 1.20. The number of aliphatic carboxylic acids is 1. The Bertz CT molecular complexity index is 434. The number of hydrogen-bond acceptors (Lipinski definition) is 4. The van der Waals surface area contributed by atoms with E-state index in [4.69, 9.17) is 10.8 Å². The summed E-state index contributed by atoms with van der Waals surface area (Å²) in [6.07, 6.45) is -3.91. The molecular formula is C9H10F3N3O2. The number of anilines is 2. The zero-order valence-electron chi connectivity index (χ0n) is 8.82. The lowest BCUT2D eigenvalue weighted by Crippen LogP contribution is -2.27. The maximum atomic E-state index is 12.3. The van der Waals surface area contributed by atoms with Crippen LogP contribution >= 0.6 is 0 Å². The molecule has 1 heterocycles. The molecule has 0 aliphatic heterocycles. The second-order valence-corrected chi connectivity index (χ2v) is 3.38. The van der Waals surface area contributed by atoms with Crippen LogP contribution in [0.3, 0.4) is 0 Å². The Hall–Kier alpha value is -1.99. The highest BCUT2D eigenvalue weighted by Crippen LogP contribution is 2.32. The fraction of sp³-hybridized carbons (Fsp3) is 0.333. The molecule has 0 aliphatic rings. The van der Waals surface area contributed by atoms with Gasteiger partial charge in [0.05, 0.1) is 11.3 Å². The Balaban J connectivity index is 3.02. The number of pyridine rings is 1. The van der Waals surface area contributed by atoms with Gasteiger partial charge in [0.15, 0.2) is 5.82 Å². The van der Waals surface area contributed by atoms with Crippen LogP contribution in [0.4, 0.5) is 24.7 Å². The molecule has 1 aromatic heterocycles. The molecule has 0 amide bonds. The normalized spacial score (nSPS) is 11.3. The van der Waals surface area contributed by atoms with E-state index in [-0.39, 0.29) is 11.5 Å². The van der Waals surface area contributed by atoms with Crippen LogP contribution in [0.2, 0.25) is 0 Å². The smallest absolute Gasteiger partial charge is 0.417 e. The van der Waals surface area contributed by atoms with Crippen LogP contribution in [-0.2, 0) is 11.0 Å². The van der Waals surface area contributed by atoms with Gasteiger partial charge in [0.25, 0.3) is 0 Å². The molecule has 0 spiro atoms. The average Bonchev–Trinajstić information content (AvgIpc) is 2.14. The third-order valence-corrected chi connectivity index (χ3v) is 1.96. The number of rotatable bonds is 3. The predicted molar refractivity (Wildman–Crippen MR) is 54.6 cm³/mol. The molecule has 0 bridgehead atoms. The number of nitrogens with two attached hydrogens (primary N) is 1. The maximum Gasteiger partial charge on any atom is 0.417 e. The van der Waals surface area contributed by atoms with Crippen molar-refractivity contribution in [1.29, 1.82) is 0 Å². The van der Waals surface area contributed by atoms with E-state index in [2.05, 4.69) is 4.98 Å². The van der Waals surface area contributed by atoms with E-state index >= 15 is 0 Å². The standard InChI is InChI=1S/C9H10F3N3O2/c1-15(4-7(16)17)8-6(13)2-5(3-14-8)9(10,11)12/h2-3H,4,13H2,1H3,(H,16,17). The first-order valence-corrected chi connectivity index (χ1v) is 4.47. The lowest BCUT2D eigenvalue weighted by molar-refractivity contribution is -0.138. The molecule has 0 aliphatic carbocycles. The van der Waals surface area contributed by atoms with Crippen molar-refractivity contribution in [3.8, 4) is 0 Å². The molecule has 0 saturated heterocycles. The van der Waals surface area contributed by atoms with Gasteiger partial charge in [-0.1, -0.05) is 0 Å². The minimum Gasteiger partial charge on any atom is -0.480 e. The van der Waals surface area contributed by atoms with E-state index in [1.54, 1.807) is 0 Å². The maximum absolute atomic E-state index is 12.3. The van der Waals surface area contributed by atoms with Crippen molar-refractivity contribution in [3.63, 3.8) is 0 Å². The van der Waals surface area contributed by atoms with Crippen LogP contribution < -0.4 is 10.6 Å². The van der Waals surface area contributed by atoms with E-state index in [0.29, 0.717) is 6.20 Å². The number of nitrogen functional groups attached to an aromatic ring is 1. The van der Waals surface area contributed by atoms with Gasteiger partial charge in [0.2, 0.25) is 0 Å². The van der Waals surface area contributed by atoms with Crippen molar-refractivity contribution in [2.24, 2.45) is 0 Å². The lowest BCUT2D eigenvalue weighted by Gasteiger charge is -2.18. The summed E-state index contributed by atoms with van der Waals surface area (Å²) in [4.78, 5) is 15.1. The van der Waals surface area contributed by atoms with Gasteiger partial charge in [-0.25, -0.2) is 4.98 Å². The number of carboxylic acids is 1. The summed E-state index contributed by atoms with van der Waals surface area (Å²) in [6, 6.07) is 0.723. The van der Waals surface area contributed by atoms with Crippen molar-refractivity contribution < 1.29 is 23.1 Å². The third-order valence-electron chi connectivity index (χ3n) is 1.96. The van der Waals surface area contributed by atoms with E-state index in [0.717, 1.165) is 11.0 Å². The van der Waals surface area contributed by atoms with Crippen LogP contribution in [0.15, 0.2) is 12.3 Å². The number of hydrogen-bond donors (Lipinski definition) is 2. The molecular weight excluding hydrogens is 239 g/mol. The van der Waals surface area contributed by atoms with Gasteiger partial charge < -0.3 is 15.7 Å². The van der Waals surface area contributed by atoms with Gasteiger partial charge >= 0.3 is 12.1 Å². The molecule has 8 heteroatoms. The monoisotopic (exact) mass is 249 g/mol. The molecule has 0 fully saturated rings. The van der Waals surface area contributed by atoms with Crippen molar-refractivity contribution in [3.05, 3.63) is 17.8 Å². The van der Waals surface area contributed by atoms with Crippen molar-refractivity contribution in [2.75, 3.05) is 24.2 Å². The van der Waals surface area contributed by atoms with Crippen molar-refractivity contribution in [1.82, 2.24) is 4.98 Å². The molecule has 94 valence electrons. The summed E-state index contributed by atoms with van der Waals surface area (Å²) in [5, 5.41) is 8.53. The summed E-state index contributed by atoms with van der Waals surface area (Å²) in [7, 11) is 1.38. The van der Waals surface area contributed by atoms with Crippen LogP contribution in [0.25, 0.3) is 0 Å². The molecule has 0 radical (unpaired) electrons. The molecule has 5 nitrogen and oxygen atoms in total. The second-order valence-electron chi connectivity index (χ2n) is 3.38. The van der Waals surface area contributed by atoms with Crippen LogP contribution in [0.1, 0.15) is 5.56 Å². The van der Waals surface area contributed by atoms with Gasteiger partial charge in [0.1, 0.15) is 6.54 Å². The first kappa shape index (κ1) is 13.1. The molecule has 0 saturated carbocycles. The summed E-state index contributed by atoms with van der Waals surface area (Å²) in [5.41, 5.74) is 4.21. The van der Waals surface area contributed by atoms with Gasteiger partial charge in [0, 0.05) is 13.2 Å². The summed E-state index contributed by atoms with van der Waals surface area (Å²) >= 11 is 0. The number of carboxylic acid groups (broad SMARTS) is 1. The van der Waals surface area contributed by atoms with Gasteiger partial charge in [-0.15, -0.1) is 0 Å². The summed E-state index contributed by atoms with van der Waals surface area (Å²) in [6.45, 7) is -0.400. The zero-order chi connectivity index (χ0) is 13.2.